The predicted molar refractivity (Wildman–Crippen MR) is 91.4 cm³/mol. The molecule has 1 fully saturated rings. The first-order valence-electron chi connectivity index (χ1n) is 7.82. The molecule has 2 aromatic heterocycles. The van der Waals surface area contributed by atoms with Crippen LogP contribution in [0, 0.1) is 6.92 Å². The minimum Gasteiger partial charge on any atom is -0.458 e. The number of aryl methyl sites for hydroxylation is 1. The number of aromatic nitrogens is 3. The van der Waals surface area contributed by atoms with E-state index < -0.39 is 18.3 Å². The Balaban J connectivity index is 2.09. The highest BCUT2D eigenvalue weighted by Gasteiger charge is 2.43. The first kappa shape index (κ1) is 17.8. The van der Waals surface area contributed by atoms with Crippen LogP contribution >= 0.6 is 11.3 Å². The molecule has 10 heteroatoms. The average molecular weight is 368 g/mol. The largest absolute Gasteiger partial charge is 0.458 e. The smallest absolute Gasteiger partial charge is 0.311 e. The molecule has 1 aliphatic rings. The van der Waals surface area contributed by atoms with E-state index in [4.69, 9.17) is 19.9 Å². The highest BCUT2D eigenvalue weighted by Crippen LogP contribution is 2.35. The molecule has 1 unspecified atom stereocenters. The summed E-state index contributed by atoms with van der Waals surface area (Å²) in [5.74, 6) is -0.373. The molecule has 25 heavy (non-hydrogen) atoms. The van der Waals surface area contributed by atoms with E-state index in [1.54, 1.807) is 14.0 Å². The Kier molecular flexibility index (Phi) is 4.76. The Morgan fingerprint density at radius 1 is 1.48 bits per heavy atom. The Morgan fingerprint density at radius 2 is 2.20 bits per heavy atom. The summed E-state index contributed by atoms with van der Waals surface area (Å²) in [6.07, 6.45) is -1.53. The normalized spacial score (nSPS) is 24.6. The van der Waals surface area contributed by atoms with Crippen LogP contribution in [-0.2, 0) is 19.0 Å². The van der Waals surface area contributed by atoms with Crippen molar-refractivity contribution in [1.82, 2.24) is 14.5 Å². The summed E-state index contributed by atoms with van der Waals surface area (Å²) in [5, 5.41) is 0. The molecule has 0 saturated carbocycles. The average Bonchev–Trinajstić information content (AvgIpc) is 3.06. The number of fused-ring (bicyclic) bond motifs is 1. The van der Waals surface area contributed by atoms with Crippen LogP contribution in [-0.4, -0.2) is 45.9 Å². The molecule has 0 spiro atoms. The van der Waals surface area contributed by atoms with Crippen molar-refractivity contribution in [3.8, 4) is 0 Å². The molecule has 2 N–H and O–H groups in total. The summed E-state index contributed by atoms with van der Waals surface area (Å²) in [6.45, 7) is 4.94. The van der Waals surface area contributed by atoms with E-state index in [-0.39, 0.29) is 23.0 Å². The van der Waals surface area contributed by atoms with E-state index in [1.807, 2.05) is 6.92 Å². The number of thiazole rings is 1. The Labute approximate surface area is 147 Å². The minimum atomic E-state index is -0.790. The SMILES string of the molecule is COC(C)[C@@H]1C[C@@H](OC(C)=O)[C@H](n2c(=O)sc3c(C)nc(N)nc32)O1. The van der Waals surface area contributed by atoms with Gasteiger partial charge >= 0.3 is 10.8 Å². The molecule has 1 saturated heterocycles. The third kappa shape index (κ3) is 3.24. The van der Waals surface area contributed by atoms with Crippen LogP contribution < -0.4 is 10.6 Å². The molecule has 0 aromatic carbocycles. The summed E-state index contributed by atoms with van der Waals surface area (Å²) in [5.41, 5.74) is 6.73. The fraction of sp³-hybridized carbons (Fsp3) is 0.600. The summed E-state index contributed by atoms with van der Waals surface area (Å²) in [4.78, 5) is 32.1. The molecule has 136 valence electrons. The van der Waals surface area contributed by atoms with E-state index in [2.05, 4.69) is 9.97 Å². The number of ether oxygens (including phenoxy) is 3. The maximum absolute atomic E-state index is 12.6. The highest BCUT2D eigenvalue weighted by atomic mass is 32.1. The molecule has 0 radical (unpaired) electrons. The van der Waals surface area contributed by atoms with Gasteiger partial charge in [-0.1, -0.05) is 11.3 Å². The third-order valence-corrected chi connectivity index (χ3v) is 5.27. The lowest BCUT2D eigenvalue weighted by Crippen LogP contribution is -2.30. The number of hydrogen-bond donors (Lipinski definition) is 1. The first-order chi connectivity index (χ1) is 11.8. The number of methoxy groups -OCH3 is 1. The van der Waals surface area contributed by atoms with Crippen molar-refractivity contribution >= 4 is 33.6 Å². The zero-order valence-corrected chi connectivity index (χ0v) is 15.2. The van der Waals surface area contributed by atoms with Crippen LogP contribution in [0.3, 0.4) is 0 Å². The number of hydrogen-bond acceptors (Lipinski definition) is 9. The number of anilines is 1. The molecular weight excluding hydrogens is 348 g/mol. The van der Waals surface area contributed by atoms with E-state index in [0.29, 0.717) is 22.5 Å². The summed E-state index contributed by atoms with van der Waals surface area (Å²) in [7, 11) is 1.58. The lowest BCUT2D eigenvalue weighted by Gasteiger charge is -2.20. The first-order valence-corrected chi connectivity index (χ1v) is 8.64. The number of nitrogens with two attached hydrogens (primary N) is 1. The maximum atomic E-state index is 12.6. The zero-order valence-electron chi connectivity index (χ0n) is 14.4. The van der Waals surface area contributed by atoms with Crippen molar-refractivity contribution in [3.63, 3.8) is 0 Å². The van der Waals surface area contributed by atoms with E-state index >= 15 is 0 Å². The quantitative estimate of drug-likeness (QED) is 0.794. The summed E-state index contributed by atoms with van der Waals surface area (Å²) in [6, 6.07) is 0. The number of rotatable bonds is 4. The van der Waals surface area contributed by atoms with Gasteiger partial charge in [-0.2, -0.15) is 4.98 Å². The molecule has 4 atom stereocenters. The van der Waals surface area contributed by atoms with E-state index in [0.717, 1.165) is 11.3 Å². The van der Waals surface area contributed by atoms with Gasteiger partial charge in [0.05, 0.1) is 22.6 Å². The fourth-order valence-electron chi connectivity index (χ4n) is 2.97. The van der Waals surface area contributed by atoms with Gasteiger partial charge in [0.1, 0.15) is 6.10 Å². The van der Waals surface area contributed by atoms with Gasteiger partial charge in [-0.3, -0.25) is 14.2 Å². The van der Waals surface area contributed by atoms with Gasteiger partial charge < -0.3 is 19.9 Å². The molecule has 0 bridgehead atoms. The summed E-state index contributed by atoms with van der Waals surface area (Å²) >= 11 is 1.01. The number of nitrogens with zero attached hydrogens (tertiary/aromatic N) is 3. The van der Waals surface area contributed by atoms with Gasteiger partial charge in [0.25, 0.3) is 0 Å². The predicted octanol–water partition coefficient (Wildman–Crippen LogP) is 0.998. The Hall–Kier alpha value is -2.04. The van der Waals surface area contributed by atoms with Crippen molar-refractivity contribution in [2.45, 2.75) is 51.7 Å². The molecule has 2 aromatic rings. The van der Waals surface area contributed by atoms with Crippen LogP contribution in [0.5, 0.6) is 0 Å². The van der Waals surface area contributed by atoms with Crippen LogP contribution in [0.1, 0.15) is 32.2 Å². The van der Waals surface area contributed by atoms with Crippen LogP contribution in [0.2, 0.25) is 0 Å². The molecule has 3 heterocycles. The Bertz CT molecular complexity index is 863. The minimum absolute atomic E-state index is 0.0698. The van der Waals surface area contributed by atoms with Crippen LogP contribution in [0.15, 0.2) is 4.79 Å². The number of carbonyl (C=O) groups is 1. The lowest BCUT2D eigenvalue weighted by molar-refractivity contribution is -0.152. The second kappa shape index (κ2) is 6.70. The topological polar surface area (TPSA) is 119 Å². The highest BCUT2D eigenvalue weighted by molar-refractivity contribution is 7.16. The molecule has 9 nitrogen and oxygen atoms in total. The van der Waals surface area contributed by atoms with Crippen molar-refractivity contribution in [2.75, 3.05) is 12.8 Å². The Morgan fingerprint density at radius 3 is 2.84 bits per heavy atom. The van der Waals surface area contributed by atoms with Crippen molar-refractivity contribution in [3.05, 3.63) is 15.4 Å². The molecule has 0 aliphatic carbocycles. The van der Waals surface area contributed by atoms with Gasteiger partial charge in [-0.05, 0) is 13.8 Å². The molecule has 1 aliphatic heterocycles. The summed E-state index contributed by atoms with van der Waals surface area (Å²) < 4.78 is 18.7. The number of carbonyl (C=O) groups excluding carboxylic acids is 1. The second-order valence-corrected chi connectivity index (χ2v) is 6.91. The molecule has 0 amide bonds. The maximum Gasteiger partial charge on any atom is 0.311 e. The number of nitrogen functional groups attached to an aromatic ring is 1. The van der Waals surface area contributed by atoms with Gasteiger partial charge in [0.2, 0.25) is 5.95 Å². The van der Waals surface area contributed by atoms with Crippen LogP contribution in [0.25, 0.3) is 10.3 Å². The van der Waals surface area contributed by atoms with E-state index in [9.17, 15) is 9.59 Å². The lowest BCUT2D eigenvalue weighted by atomic mass is 10.1. The van der Waals surface area contributed by atoms with Crippen molar-refractivity contribution in [2.24, 2.45) is 0 Å². The number of esters is 1. The van der Waals surface area contributed by atoms with Gasteiger partial charge in [0.15, 0.2) is 11.9 Å². The van der Waals surface area contributed by atoms with Crippen molar-refractivity contribution in [1.29, 1.82) is 0 Å². The van der Waals surface area contributed by atoms with Gasteiger partial charge in [-0.15, -0.1) is 0 Å². The third-order valence-electron chi connectivity index (χ3n) is 4.21. The fourth-order valence-corrected chi connectivity index (χ4v) is 3.86. The second-order valence-electron chi connectivity index (χ2n) is 5.95. The van der Waals surface area contributed by atoms with Crippen molar-refractivity contribution < 1.29 is 19.0 Å². The monoisotopic (exact) mass is 368 g/mol. The van der Waals surface area contributed by atoms with E-state index in [1.165, 1.54) is 11.5 Å². The molecule has 3 rings (SSSR count). The standard InChI is InChI=1S/C15H20N4O5S/c1-6-11-12(18-14(16)17-6)19(15(21)25-11)13-10(23-8(3)20)5-9(24-13)7(2)22-4/h7,9-10,13H,5H2,1-4H3,(H2,16,17,18)/t7?,9-,10+,13+/m0/s1. The zero-order chi connectivity index (χ0) is 18.3. The van der Waals surface area contributed by atoms with Gasteiger partial charge in [0, 0.05) is 20.5 Å². The van der Waals surface area contributed by atoms with Crippen LogP contribution in [0.4, 0.5) is 5.95 Å². The van der Waals surface area contributed by atoms with Gasteiger partial charge in [-0.25, -0.2) is 4.98 Å². The molecular formula is C15H20N4O5S.